The van der Waals surface area contributed by atoms with Gasteiger partial charge in [-0.25, -0.2) is 0 Å². The van der Waals surface area contributed by atoms with Crippen molar-refractivity contribution in [2.45, 2.75) is 49.6 Å². The smallest absolute Gasteiger partial charge is 0.416 e. The lowest BCUT2D eigenvalue weighted by Crippen LogP contribution is -2.33. The van der Waals surface area contributed by atoms with E-state index in [0.717, 1.165) is 79.1 Å². The molecule has 15 rings (SSSR count). The highest BCUT2D eigenvalue weighted by Crippen LogP contribution is 2.65. The summed E-state index contributed by atoms with van der Waals surface area (Å²) in [7, 11) is 0. The number of halogens is 3. The maximum absolute atomic E-state index is 14.4. The number of hydrogen-bond acceptors (Lipinski definition) is 2. The fourth-order valence-electron chi connectivity index (χ4n) is 13.3. The highest BCUT2D eigenvalue weighted by atomic mass is 19.4. The minimum absolute atomic E-state index is 0.406. The van der Waals surface area contributed by atoms with Crippen LogP contribution in [0.5, 0.6) is 0 Å². The number of benzene rings is 10. The van der Waals surface area contributed by atoms with E-state index in [1.807, 2.05) is 0 Å². The van der Waals surface area contributed by atoms with Crippen molar-refractivity contribution in [3.63, 3.8) is 0 Å². The lowest BCUT2D eigenvalue weighted by atomic mass is 9.65. The SMILES string of the molecule is FC(F)(F)c1ccc(N(c2cc3c(c4ccccc24)-c2c(ccc4ccccc24)C32c3ccccc3-n3c4ccccc4c4cccc2c43)c2cccc3c2oc2c(C4CCCCC4)cccc23)cc1. The van der Waals surface area contributed by atoms with Gasteiger partial charge in [0.1, 0.15) is 5.58 Å². The minimum Gasteiger partial charge on any atom is -0.454 e. The number of furan rings is 1. The molecular weight excluding hydrogens is 870 g/mol. The molecule has 3 heterocycles. The molecule has 70 heavy (non-hydrogen) atoms. The van der Waals surface area contributed by atoms with Gasteiger partial charge in [-0.05, 0) is 122 Å². The zero-order chi connectivity index (χ0) is 46.5. The van der Waals surface area contributed by atoms with Crippen LogP contribution in [0.1, 0.15) is 71.4 Å². The Bertz CT molecular complexity index is 4170. The maximum Gasteiger partial charge on any atom is 0.416 e. The van der Waals surface area contributed by atoms with Crippen molar-refractivity contribution in [3.8, 4) is 16.8 Å². The second kappa shape index (κ2) is 14.5. The molecule has 2 aromatic heterocycles. The molecule has 0 amide bonds. The largest absolute Gasteiger partial charge is 0.454 e. The summed E-state index contributed by atoms with van der Waals surface area (Å²) in [6.07, 6.45) is 1.39. The van der Waals surface area contributed by atoms with E-state index in [1.165, 1.54) is 80.9 Å². The Hall–Kier alpha value is -8.09. The number of hydrogen-bond donors (Lipinski definition) is 0. The van der Waals surface area contributed by atoms with Crippen LogP contribution in [0.25, 0.3) is 82.1 Å². The molecule has 0 bridgehead atoms. The number of aromatic nitrogens is 1. The topological polar surface area (TPSA) is 21.3 Å². The van der Waals surface area contributed by atoms with Gasteiger partial charge in [0.25, 0.3) is 0 Å². The standard InChI is InChI=1S/C64H43F3N2O/c65-64(66,67)40-32-34-41(35-33-40)68(56-30-14-25-49-48-24-12-22-43(61(48)70-62(49)56)38-15-2-1-3-16-38)57-37-53-59(46-21-7-6-19-44(46)57)58-42-18-5-4-17-39(42)31-36-51(58)63(53)50-26-9-11-29-55(50)69-54-28-10-8-20-45(54)47-23-13-27-52(63)60(47)69/h4-14,17-38H,1-3,15-16H2. The van der Waals surface area contributed by atoms with Crippen molar-refractivity contribution in [1.82, 2.24) is 4.57 Å². The first-order valence-corrected chi connectivity index (χ1v) is 24.5. The summed E-state index contributed by atoms with van der Waals surface area (Å²) in [5, 5.41) is 8.78. The fraction of sp³-hybridized carbons (Fsp3) is 0.125. The number of rotatable bonds is 4. The molecule has 1 atom stereocenters. The first kappa shape index (κ1) is 39.9. The fourth-order valence-corrected chi connectivity index (χ4v) is 13.3. The van der Waals surface area contributed by atoms with Crippen LogP contribution >= 0.6 is 0 Å². The third kappa shape index (κ3) is 5.25. The lowest BCUT2D eigenvalue weighted by molar-refractivity contribution is -0.137. The van der Waals surface area contributed by atoms with Gasteiger partial charge in [0.15, 0.2) is 5.58 Å². The van der Waals surface area contributed by atoms with E-state index in [-0.39, 0.29) is 0 Å². The summed E-state index contributed by atoms with van der Waals surface area (Å²) >= 11 is 0. The summed E-state index contributed by atoms with van der Waals surface area (Å²) in [6.45, 7) is 0. The molecule has 1 fully saturated rings. The van der Waals surface area contributed by atoms with Crippen LogP contribution < -0.4 is 4.90 Å². The van der Waals surface area contributed by atoms with Gasteiger partial charge in [0.2, 0.25) is 0 Å². The average Bonchev–Trinajstić information content (AvgIpc) is 4.06. The van der Waals surface area contributed by atoms with Crippen LogP contribution in [0.2, 0.25) is 0 Å². The Balaban J connectivity index is 1.10. The summed E-state index contributed by atoms with van der Waals surface area (Å²) in [6, 6.07) is 67.1. The van der Waals surface area contributed by atoms with Gasteiger partial charge in [0.05, 0.1) is 39.1 Å². The molecule has 0 saturated heterocycles. The van der Waals surface area contributed by atoms with Crippen LogP contribution in [0.15, 0.2) is 199 Å². The van der Waals surface area contributed by atoms with Crippen molar-refractivity contribution in [3.05, 3.63) is 228 Å². The van der Waals surface area contributed by atoms with E-state index < -0.39 is 17.2 Å². The minimum atomic E-state index is -4.50. The normalized spacial score (nSPS) is 16.5. The Labute approximate surface area is 401 Å². The van der Waals surface area contributed by atoms with E-state index in [1.54, 1.807) is 12.1 Å². The molecule has 1 unspecified atom stereocenters. The van der Waals surface area contributed by atoms with Crippen LogP contribution in [0, 0.1) is 0 Å². The summed E-state index contributed by atoms with van der Waals surface area (Å²) < 4.78 is 53.0. The number of para-hydroxylation sites is 5. The molecule has 3 aliphatic rings. The Kier molecular flexibility index (Phi) is 8.24. The van der Waals surface area contributed by atoms with Gasteiger partial charge in [-0.3, -0.25) is 0 Å². The predicted molar refractivity (Wildman–Crippen MR) is 279 cm³/mol. The zero-order valence-corrected chi connectivity index (χ0v) is 38.0. The van der Waals surface area contributed by atoms with E-state index >= 15 is 0 Å². The predicted octanol–water partition coefficient (Wildman–Crippen LogP) is 18.2. The molecule has 12 aromatic rings. The van der Waals surface area contributed by atoms with Gasteiger partial charge >= 0.3 is 6.18 Å². The van der Waals surface area contributed by atoms with Crippen molar-refractivity contribution >= 4 is 82.4 Å². The van der Waals surface area contributed by atoms with E-state index in [9.17, 15) is 13.2 Å². The number of alkyl halides is 3. The molecule has 10 aromatic carbocycles. The zero-order valence-electron chi connectivity index (χ0n) is 38.0. The second-order valence-electron chi connectivity index (χ2n) is 19.6. The first-order valence-electron chi connectivity index (χ1n) is 24.5. The number of fused-ring (bicyclic) bond motifs is 19. The van der Waals surface area contributed by atoms with Crippen molar-refractivity contribution in [2.24, 2.45) is 0 Å². The van der Waals surface area contributed by atoms with E-state index in [2.05, 4.69) is 179 Å². The van der Waals surface area contributed by atoms with Gasteiger partial charge < -0.3 is 13.9 Å². The molecule has 3 nitrogen and oxygen atoms in total. The van der Waals surface area contributed by atoms with Gasteiger partial charge in [0, 0.05) is 32.6 Å². The number of anilines is 3. The van der Waals surface area contributed by atoms with Crippen molar-refractivity contribution in [2.75, 3.05) is 4.90 Å². The van der Waals surface area contributed by atoms with Crippen LogP contribution in [0.4, 0.5) is 30.2 Å². The molecule has 2 aliphatic carbocycles. The molecule has 6 heteroatoms. The first-order chi connectivity index (χ1) is 34.4. The monoisotopic (exact) mass is 912 g/mol. The van der Waals surface area contributed by atoms with Crippen LogP contribution in [-0.4, -0.2) is 4.57 Å². The highest BCUT2D eigenvalue weighted by molar-refractivity contribution is 6.19. The Morgan fingerprint density at radius 2 is 1.13 bits per heavy atom. The van der Waals surface area contributed by atoms with Crippen molar-refractivity contribution in [1.29, 1.82) is 0 Å². The summed E-state index contributed by atoms with van der Waals surface area (Å²) in [5.74, 6) is 0.406. The highest BCUT2D eigenvalue weighted by Gasteiger charge is 2.52. The van der Waals surface area contributed by atoms with Crippen LogP contribution in [0.3, 0.4) is 0 Å². The van der Waals surface area contributed by atoms with Crippen molar-refractivity contribution < 1.29 is 17.6 Å². The summed E-state index contributed by atoms with van der Waals surface area (Å²) in [5.41, 5.74) is 14.0. The average molecular weight is 913 g/mol. The molecular formula is C64H43F3N2O. The lowest BCUT2D eigenvalue weighted by Gasteiger charge is -2.40. The molecule has 1 spiro atoms. The van der Waals surface area contributed by atoms with E-state index in [4.69, 9.17) is 4.42 Å². The second-order valence-corrected chi connectivity index (χ2v) is 19.6. The number of nitrogens with zero attached hydrogens (tertiary/aromatic N) is 2. The Morgan fingerprint density at radius 3 is 1.96 bits per heavy atom. The van der Waals surface area contributed by atoms with Gasteiger partial charge in [-0.1, -0.05) is 165 Å². The third-order valence-corrected chi connectivity index (χ3v) is 16.2. The molecule has 336 valence electrons. The van der Waals surface area contributed by atoms with Gasteiger partial charge in [-0.15, -0.1) is 0 Å². The maximum atomic E-state index is 14.4. The summed E-state index contributed by atoms with van der Waals surface area (Å²) in [4.78, 5) is 2.16. The third-order valence-electron chi connectivity index (χ3n) is 16.2. The molecule has 1 aliphatic heterocycles. The quantitative estimate of drug-likeness (QED) is 0.175. The molecule has 0 N–H and O–H groups in total. The van der Waals surface area contributed by atoms with E-state index in [0.29, 0.717) is 17.2 Å². The van der Waals surface area contributed by atoms with Gasteiger partial charge in [-0.2, -0.15) is 13.2 Å². The molecule has 0 radical (unpaired) electrons. The Morgan fingerprint density at radius 1 is 0.486 bits per heavy atom. The molecule has 1 saturated carbocycles. The van der Waals surface area contributed by atoms with Crippen LogP contribution in [-0.2, 0) is 11.6 Å².